The summed E-state index contributed by atoms with van der Waals surface area (Å²) in [7, 11) is 0. The van der Waals surface area contributed by atoms with Gasteiger partial charge in [-0.1, -0.05) is 23.5 Å². The lowest BCUT2D eigenvalue weighted by Crippen LogP contribution is -2.47. The number of carbonyl (C=O) groups excluding carboxylic acids is 2. The van der Waals surface area contributed by atoms with Gasteiger partial charge in [0.05, 0.1) is 5.56 Å². The van der Waals surface area contributed by atoms with Gasteiger partial charge in [-0.15, -0.1) is 11.8 Å². The van der Waals surface area contributed by atoms with E-state index < -0.39 is 0 Å². The molecule has 2 aliphatic heterocycles. The van der Waals surface area contributed by atoms with Crippen molar-refractivity contribution in [1.82, 2.24) is 9.88 Å². The van der Waals surface area contributed by atoms with E-state index in [0.29, 0.717) is 30.1 Å². The van der Waals surface area contributed by atoms with Crippen LogP contribution < -0.4 is 5.73 Å². The van der Waals surface area contributed by atoms with Crippen LogP contribution in [0.4, 0.5) is 5.00 Å². The second kappa shape index (κ2) is 7.10. The van der Waals surface area contributed by atoms with Crippen LogP contribution in [0, 0.1) is 13.8 Å². The van der Waals surface area contributed by atoms with E-state index in [2.05, 4.69) is 18.0 Å². The highest BCUT2D eigenvalue weighted by Crippen LogP contribution is 2.49. The van der Waals surface area contributed by atoms with E-state index in [9.17, 15) is 9.59 Å². The fourth-order valence-electron chi connectivity index (χ4n) is 4.47. The van der Waals surface area contributed by atoms with Gasteiger partial charge in [-0.05, 0) is 50.5 Å². The van der Waals surface area contributed by atoms with Crippen LogP contribution in [0.15, 0.2) is 35.2 Å². The number of hydrogen-bond donors (Lipinski definition) is 1. The summed E-state index contributed by atoms with van der Waals surface area (Å²) in [5.74, 6) is 0.195. The Balaban J connectivity index is 1.37. The maximum atomic E-state index is 13.3. The highest BCUT2D eigenvalue weighted by molar-refractivity contribution is 8.01. The van der Waals surface area contributed by atoms with Gasteiger partial charge >= 0.3 is 0 Å². The van der Waals surface area contributed by atoms with Gasteiger partial charge in [0.2, 0.25) is 0 Å². The van der Waals surface area contributed by atoms with Crippen LogP contribution in [-0.4, -0.2) is 39.4 Å². The molecule has 7 heteroatoms. The molecule has 3 aromatic rings. The SMILES string of the molecule is Cc1ccc2c(c1)SC1(CCN(C(=O)c3c(N)sc4nc(C)ccc34)CC1)CC2=O. The first-order valence-electron chi connectivity index (χ1n) is 10.1. The standard InChI is InChI=1S/C23H23N3O2S2/c1-13-3-5-15-17(27)12-23(30-18(15)11-13)7-9-26(10-8-23)22(28)19-16-6-4-14(2)25-21(16)29-20(19)24/h3-6,11H,7-10,12,24H2,1-2H3. The van der Waals surface area contributed by atoms with Crippen molar-refractivity contribution in [3.63, 3.8) is 0 Å². The Kier molecular flexibility index (Phi) is 4.63. The lowest BCUT2D eigenvalue weighted by atomic mass is 9.87. The molecule has 30 heavy (non-hydrogen) atoms. The van der Waals surface area contributed by atoms with Crippen molar-refractivity contribution in [3.05, 3.63) is 52.7 Å². The number of aryl methyl sites for hydroxylation is 2. The molecule has 0 aliphatic carbocycles. The van der Waals surface area contributed by atoms with Gasteiger partial charge in [-0.3, -0.25) is 9.59 Å². The number of carbonyl (C=O) groups is 2. The number of anilines is 1. The van der Waals surface area contributed by atoms with Gasteiger partial charge in [0, 0.05) is 45.8 Å². The van der Waals surface area contributed by atoms with Crippen molar-refractivity contribution in [2.24, 2.45) is 0 Å². The number of nitrogens with two attached hydrogens (primary N) is 1. The predicted molar refractivity (Wildman–Crippen MR) is 123 cm³/mol. The van der Waals surface area contributed by atoms with Crippen LogP contribution in [0.1, 0.15) is 51.2 Å². The number of piperidine rings is 1. The highest BCUT2D eigenvalue weighted by Gasteiger charge is 2.43. The number of benzene rings is 1. The van der Waals surface area contributed by atoms with Crippen molar-refractivity contribution in [2.45, 2.75) is 42.8 Å². The van der Waals surface area contributed by atoms with E-state index in [4.69, 9.17) is 5.73 Å². The number of aromatic nitrogens is 1. The molecule has 2 N–H and O–H groups in total. The van der Waals surface area contributed by atoms with Crippen molar-refractivity contribution in [1.29, 1.82) is 0 Å². The molecule has 1 amide bonds. The largest absolute Gasteiger partial charge is 0.390 e. The Morgan fingerprint density at radius 1 is 1.17 bits per heavy atom. The molecule has 2 aromatic heterocycles. The summed E-state index contributed by atoms with van der Waals surface area (Å²) in [6.45, 7) is 5.26. The number of likely N-dealkylation sites (tertiary alicyclic amines) is 1. The zero-order chi connectivity index (χ0) is 21.0. The summed E-state index contributed by atoms with van der Waals surface area (Å²) in [5, 5.41) is 1.36. The lowest BCUT2D eigenvalue weighted by Gasteiger charge is -2.43. The van der Waals surface area contributed by atoms with Gasteiger partial charge in [0.15, 0.2) is 5.78 Å². The Bertz CT molecular complexity index is 1190. The third-order valence-corrected chi connectivity index (χ3v) is 8.62. The number of pyridine rings is 1. The average Bonchev–Trinajstić information content (AvgIpc) is 3.02. The van der Waals surface area contributed by atoms with E-state index in [0.717, 1.165) is 39.2 Å². The van der Waals surface area contributed by atoms with E-state index in [1.807, 2.05) is 47.9 Å². The normalized spacial score (nSPS) is 18.1. The third kappa shape index (κ3) is 3.20. The minimum absolute atomic E-state index is 0.0253. The van der Waals surface area contributed by atoms with Crippen LogP contribution in [0.5, 0.6) is 0 Å². The van der Waals surface area contributed by atoms with Crippen LogP contribution in [0.3, 0.4) is 0 Å². The molecule has 0 saturated carbocycles. The van der Waals surface area contributed by atoms with Crippen LogP contribution in [-0.2, 0) is 0 Å². The van der Waals surface area contributed by atoms with Gasteiger partial charge in [0.25, 0.3) is 5.91 Å². The predicted octanol–water partition coefficient (Wildman–Crippen LogP) is 4.85. The van der Waals surface area contributed by atoms with Gasteiger partial charge in [0.1, 0.15) is 9.83 Å². The first-order valence-corrected chi connectivity index (χ1v) is 11.8. The minimum Gasteiger partial charge on any atom is -0.390 e. The van der Waals surface area contributed by atoms with Crippen molar-refractivity contribution in [3.8, 4) is 0 Å². The molecule has 1 spiro atoms. The number of fused-ring (bicyclic) bond motifs is 2. The molecule has 0 unspecified atom stereocenters. The number of nitrogens with zero attached hydrogens (tertiary/aromatic N) is 2. The number of rotatable bonds is 1. The topological polar surface area (TPSA) is 76.3 Å². The molecule has 0 atom stereocenters. The molecule has 2 aliphatic rings. The Morgan fingerprint density at radius 2 is 1.93 bits per heavy atom. The molecule has 1 aromatic carbocycles. The second-order valence-electron chi connectivity index (χ2n) is 8.32. The summed E-state index contributed by atoms with van der Waals surface area (Å²) in [6, 6.07) is 9.93. The number of amides is 1. The number of hydrogen-bond acceptors (Lipinski definition) is 6. The Hall–Kier alpha value is -2.38. The summed E-state index contributed by atoms with van der Waals surface area (Å²) in [4.78, 5) is 34.4. The van der Waals surface area contributed by atoms with Crippen molar-refractivity contribution in [2.75, 3.05) is 18.8 Å². The number of Topliss-reactive ketones (excluding diaryl/α,β-unsaturated/α-hetero) is 1. The maximum absolute atomic E-state index is 13.3. The number of nitrogen functional groups attached to an aromatic ring is 1. The van der Waals surface area contributed by atoms with E-state index in [1.165, 1.54) is 16.9 Å². The van der Waals surface area contributed by atoms with Crippen molar-refractivity contribution >= 4 is 50.0 Å². The van der Waals surface area contributed by atoms with Gasteiger partial charge in [-0.2, -0.15) is 0 Å². The molecule has 0 radical (unpaired) electrons. The zero-order valence-electron chi connectivity index (χ0n) is 17.0. The summed E-state index contributed by atoms with van der Waals surface area (Å²) >= 11 is 3.20. The van der Waals surface area contributed by atoms with E-state index in [-0.39, 0.29) is 16.4 Å². The lowest BCUT2D eigenvalue weighted by molar-refractivity contribution is 0.0699. The quantitative estimate of drug-likeness (QED) is 0.589. The molecule has 4 heterocycles. The van der Waals surface area contributed by atoms with Crippen LogP contribution >= 0.6 is 23.1 Å². The molecule has 154 valence electrons. The Morgan fingerprint density at radius 3 is 2.70 bits per heavy atom. The smallest absolute Gasteiger partial charge is 0.257 e. The number of thiophene rings is 1. The summed E-state index contributed by atoms with van der Waals surface area (Å²) in [6.07, 6.45) is 2.16. The van der Waals surface area contributed by atoms with Gasteiger partial charge < -0.3 is 10.6 Å². The molecule has 5 nitrogen and oxygen atoms in total. The van der Waals surface area contributed by atoms with Crippen LogP contribution in [0.25, 0.3) is 10.2 Å². The molecular weight excluding hydrogens is 414 g/mol. The highest BCUT2D eigenvalue weighted by atomic mass is 32.2. The number of ketones is 1. The maximum Gasteiger partial charge on any atom is 0.257 e. The monoisotopic (exact) mass is 437 g/mol. The number of thioether (sulfide) groups is 1. The Labute approximate surface area is 183 Å². The van der Waals surface area contributed by atoms with E-state index >= 15 is 0 Å². The van der Waals surface area contributed by atoms with Crippen LogP contribution in [0.2, 0.25) is 0 Å². The summed E-state index contributed by atoms with van der Waals surface area (Å²) in [5.41, 5.74) is 9.72. The minimum atomic E-state index is -0.115. The average molecular weight is 438 g/mol. The summed E-state index contributed by atoms with van der Waals surface area (Å²) < 4.78 is -0.115. The fraction of sp³-hybridized carbons (Fsp3) is 0.348. The first-order chi connectivity index (χ1) is 14.3. The van der Waals surface area contributed by atoms with Gasteiger partial charge in [-0.25, -0.2) is 4.98 Å². The second-order valence-corrected chi connectivity index (χ2v) is 10.9. The van der Waals surface area contributed by atoms with Crippen molar-refractivity contribution < 1.29 is 9.59 Å². The molecule has 5 rings (SSSR count). The third-order valence-electron chi connectivity index (χ3n) is 6.14. The molecule has 0 bridgehead atoms. The first kappa shape index (κ1) is 19.6. The molecule has 1 saturated heterocycles. The zero-order valence-corrected chi connectivity index (χ0v) is 18.7. The van der Waals surface area contributed by atoms with E-state index in [1.54, 1.807) is 0 Å². The molecular formula is C23H23N3O2S2. The fourth-order valence-corrected chi connectivity index (χ4v) is 7.04. The molecule has 1 fully saturated rings.